The zero-order chi connectivity index (χ0) is 27.9. The van der Waals surface area contributed by atoms with Gasteiger partial charge in [0.15, 0.2) is 0 Å². The van der Waals surface area contributed by atoms with Crippen molar-refractivity contribution in [2.45, 2.75) is 83.5 Å². The van der Waals surface area contributed by atoms with Gasteiger partial charge in [-0.2, -0.15) is 0 Å². The van der Waals surface area contributed by atoms with E-state index in [1.54, 1.807) is 20.8 Å². The first kappa shape index (κ1) is 32.6. The molecule has 0 aliphatic heterocycles. The van der Waals surface area contributed by atoms with Crippen molar-refractivity contribution in [3.63, 3.8) is 0 Å². The predicted octanol–water partition coefficient (Wildman–Crippen LogP) is -1.27. The molecule has 0 bridgehead atoms. The maximum atomic E-state index is 12.6. The van der Waals surface area contributed by atoms with Crippen molar-refractivity contribution in [3.05, 3.63) is 0 Å². The molecule has 0 aromatic rings. The molecule has 5 amide bonds. The number of amides is 5. The minimum Gasteiger partial charge on any atom is -0.481 e. The smallest absolute Gasteiger partial charge is 0.408 e. The lowest BCUT2D eigenvalue weighted by atomic mass is 10.1. The second kappa shape index (κ2) is 16.3. The molecule has 0 unspecified atom stereocenters. The monoisotopic (exact) mass is 516 g/mol. The van der Waals surface area contributed by atoms with Crippen LogP contribution in [0.3, 0.4) is 0 Å². The number of hydrogen-bond acceptors (Lipinski definition) is 8. The molecule has 36 heavy (non-hydrogen) atoms. The third kappa shape index (κ3) is 14.8. The highest BCUT2D eigenvalue weighted by Gasteiger charge is 2.27. The molecule has 0 rings (SSSR count). The number of carboxylic acid groups (broad SMARTS) is 1. The average molecular weight is 517 g/mol. The lowest BCUT2D eigenvalue weighted by Gasteiger charge is -2.24. The van der Waals surface area contributed by atoms with Crippen LogP contribution in [0.15, 0.2) is 0 Å². The van der Waals surface area contributed by atoms with E-state index in [9.17, 15) is 28.8 Å². The molecule has 8 N–H and O–H groups in total. The maximum absolute atomic E-state index is 12.6. The van der Waals surface area contributed by atoms with Gasteiger partial charge in [-0.3, -0.25) is 24.0 Å². The molecule has 3 atom stereocenters. The summed E-state index contributed by atoms with van der Waals surface area (Å²) in [5, 5.41) is 21.0. The Hall–Kier alpha value is -3.42. The Morgan fingerprint density at radius 2 is 1.50 bits per heavy atom. The minimum absolute atomic E-state index is 0.234. The van der Waals surface area contributed by atoms with E-state index in [0.29, 0.717) is 25.8 Å². The molecule has 0 aromatic heterocycles. The van der Waals surface area contributed by atoms with E-state index >= 15 is 0 Å². The number of hydrogen-bond donors (Lipinski definition) is 7. The van der Waals surface area contributed by atoms with Crippen LogP contribution < -0.4 is 32.3 Å². The number of ether oxygens (including phenoxy) is 1. The summed E-state index contributed by atoms with van der Waals surface area (Å²) in [5.41, 5.74) is 4.61. The molecule has 0 saturated heterocycles. The number of carbonyl (C=O) groups excluding carboxylic acids is 5. The van der Waals surface area contributed by atoms with Gasteiger partial charge in [0.1, 0.15) is 23.7 Å². The van der Waals surface area contributed by atoms with Gasteiger partial charge in [0.05, 0.1) is 6.54 Å². The summed E-state index contributed by atoms with van der Waals surface area (Å²) in [6.07, 6.45) is 0.136. The number of likely N-dealkylation sites (N-methyl/N-ethyl adjacent to an activating group) is 1. The zero-order valence-electron chi connectivity index (χ0n) is 21.6. The van der Waals surface area contributed by atoms with Crippen molar-refractivity contribution < 1.29 is 38.6 Å². The van der Waals surface area contributed by atoms with Crippen LogP contribution in [-0.4, -0.2) is 84.7 Å². The average Bonchev–Trinajstić information content (AvgIpc) is 2.77. The molecule has 0 aliphatic carbocycles. The Labute approximate surface area is 210 Å². The van der Waals surface area contributed by atoms with Crippen molar-refractivity contribution in [3.8, 4) is 0 Å². The Morgan fingerprint density at radius 3 is 2.03 bits per heavy atom. The van der Waals surface area contributed by atoms with Crippen LogP contribution in [0.4, 0.5) is 4.79 Å². The number of nitrogens with two attached hydrogens (primary N) is 1. The molecular formula is C22H40N6O8. The second-order valence-corrected chi connectivity index (χ2v) is 9.10. The van der Waals surface area contributed by atoms with Gasteiger partial charge >= 0.3 is 12.1 Å². The van der Waals surface area contributed by atoms with Crippen LogP contribution in [0.25, 0.3) is 0 Å². The molecule has 0 aromatic carbocycles. The maximum Gasteiger partial charge on any atom is 0.408 e. The van der Waals surface area contributed by atoms with Gasteiger partial charge in [0.25, 0.3) is 0 Å². The molecule has 0 spiro atoms. The van der Waals surface area contributed by atoms with Crippen LogP contribution in [0.2, 0.25) is 0 Å². The van der Waals surface area contributed by atoms with Crippen LogP contribution in [0, 0.1) is 0 Å². The highest BCUT2D eigenvalue weighted by molar-refractivity contribution is 5.93. The minimum atomic E-state index is -1.27. The van der Waals surface area contributed by atoms with Crippen LogP contribution in [0.5, 0.6) is 0 Å². The van der Waals surface area contributed by atoms with E-state index in [1.165, 1.54) is 14.0 Å². The third-order valence-electron chi connectivity index (χ3n) is 4.67. The summed E-state index contributed by atoms with van der Waals surface area (Å²) in [6, 6.07) is -3.16. The fraction of sp³-hybridized carbons (Fsp3) is 0.727. The lowest BCUT2D eigenvalue weighted by Crippen LogP contribution is -2.54. The normalized spacial score (nSPS) is 13.4. The highest BCUT2D eigenvalue weighted by Crippen LogP contribution is 2.08. The summed E-state index contributed by atoms with van der Waals surface area (Å²) in [6.45, 7) is 6.24. The first-order chi connectivity index (χ1) is 16.7. The van der Waals surface area contributed by atoms with Crippen molar-refractivity contribution >= 4 is 35.7 Å². The summed E-state index contributed by atoms with van der Waals surface area (Å²) >= 11 is 0. The standard InChI is InChI=1S/C22H40N6O8/c1-13(18(32)25-12-16(29)27-14(19(33)24-5)8-6-7-11-23)26-20(34)15(9-10-17(30)31)28-21(35)36-22(2,3)4/h13-15H,6-12,23H2,1-5H3,(H,24,33)(H,25,32)(H,26,34)(H,27,29)(H,28,35)(H,30,31)/t13-,14-,15-/m0/s1. The van der Waals surface area contributed by atoms with Crippen LogP contribution >= 0.6 is 0 Å². The molecule has 14 heteroatoms. The molecule has 0 heterocycles. The zero-order valence-corrected chi connectivity index (χ0v) is 21.6. The van der Waals surface area contributed by atoms with E-state index in [0.717, 1.165) is 0 Å². The van der Waals surface area contributed by atoms with Gasteiger partial charge < -0.3 is 42.2 Å². The first-order valence-corrected chi connectivity index (χ1v) is 11.7. The van der Waals surface area contributed by atoms with Crippen molar-refractivity contribution in [1.82, 2.24) is 26.6 Å². The fourth-order valence-corrected chi connectivity index (χ4v) is 2.87. The number of carboxylic acids is 1. The number of nitrogens with one attached hydrogen (secondary N) is 5. The number of aliphatic carboxylic acids is 1. The summed E-state index contributed by atoms with van der Waals surface area (Å²) in [5.74, 6) is -3.65. The van der Waals surface area contributed by atoms with E-state index in [4.69, 9.17) is 15.6 Å². The number of alkyl carbamates (subject to hydrolysis) is 1. The quantitative estimate of drug-likeness (QED) is 0.129. The van der Waals surface area contributed by atoms with Crippen molar-refractivity contribution in [1.29, 1.82) is 0 Å². The summed E-state index contributed by atoms with van der Waals surface area (Å²) < 4.78 is 5.09. The van der Waals surface area contributed by atoms with E-state index in [1.807, 2.05) is 0 Å². The molecule has 206 valence electrons. The fourth-order valence-electron chi connectivity index (χ4n) is 2.87. The topological polar surface area (TPSA) is 218 Å². The molecule has 0 aliphatic rings. The highest BCUT2D eigenvalue weighted by atomic mass is 16.6. The van der Waals surface area contributed by atoms with Gasteiger partial charge in [-0.05, 0) is 59.9 Å². The predicted molar refractivity (Wildman–Crippen MR) is 130 cm³/mol. The van der Waals surface area contributed by atoms with Gasteiger partial charge in [-0.1, -0.05) is 0 Å². The molecule has 14 nitrogen and oxygen atoms in total. The summed E-state index contributed by atoms with van der Waals surface area (Å²) in [4.78, 5) is 72.1. The Bertz CT molecular complexity index is 783. The third-order valence-corrected chi connectivity index (χ3v) is 4.67. The van der Waals surface area contributed by atoms with Gasteiger partial charge in [0, 0.05) is 13.5 Å². The van der Waals surface area contributed by atoms with Gasteiger partial charge in [-0.25, -0.2) is 4.79 Å². The lowest BCUT2D eigenvalue weighted by molar-refractivity contribution is -0.137. The van der Waals surface area contributed by atoms with E-state index in [2.05, 4.69) is 26.6 Å². The van der Waals surface area contributed by atoms with Gasteiger partial charge in [-0.15, -0.1) is 0 Å². The van der Waals surface area contributed by atoms with Crippen molar-refractivity contribution in [2.75, 3.05) is 20.1 Å². The Morgan fingerprint density at radius 1 is 0.889 bits per heavy atom. The Kier molecular flexibility index (Phi) is 14.7. The van der Waals surface area contributed by atoms with Crippen LogP contribution in [-0.2, 0) is 28.7 Å². The summed E-state index contributed by atoms with van der Waals surface area (Å²) in [7, 11) is 1.44. The number of unbranched alkanes of at least 4 members (excludes halogenated alkanes) is 1. The SMILES string of the molecule is CNC(=O)[C@H](CCCCN)NC(=O)CNC(=O)[C@H](C)NC(=O)[C@H](CCC(=O)O)NC(=O)OC(C)(C)C. The molecule has 0 fully saturated rings. The van der Waals surface area contributed by atoms with Gasteiger partial charge in [0.2, 0.25) is 23.6 Å². The molecular weight excluding hydrogens is 476 g/mol. The number of rotatable bonds is 15. The van der Waals surface area contributed by atoms with Crippen molar-refractivity contribution in [2.24, 2.45) is 5.73 Å². The Balaban J connectivity index is 4.91. The molecule has 0 radical (unpaired) electrons. The number of carbonyl (C=O) groups is 6. The van der Waals surface area contributed by atoms with E-state index < -0.39 is 66.5 Å². The first-order valence-electron chi connectivity index (χ1n) is 11.7. The largest absolute Gasteiger partial charge is 0.481 e. The van der Waals surface area contributed by atoms with Crippen LogP contribution in [0.1, 0.15) is 59.8 Å². The molecule has 0 saturated carbocycles. The van der Waals surface area contributed by atoms with E-state index in [-0.39, 0.29) is 12.3 Å². The second-order valence-electron chi connectivity index (χ2n) is 9.10.